The second kappa shape index (κ2) is 4.75. The van der Waals surface area contributed by atoms with Gasteiger partial charge in [0.15, 0.2) is 0 Å². The number of nitrogens with zero attached hydrogens (tertiary/aromatic N) is 1. The van der Waals surface area contributed by atoms with Crippen LogP contribution in [0.2, 0.25) is 0 Å². The first-order chi connectivity index (χ1) is 8.13. The quantitative estimate of drug-likeness (QED) is 0.385. The molecule has 2 rings (SSSR count). The summed E-state index contributed by atoms with van der Waals surface area (Å²) in [6, 6.07) is 12.1. The third-order valence-electron chi connectivity index (χ3n) is 2.91. The van der Waals surface area contributed by atoms with Crippen LogP contribution in [0.5, 0.6) is 0 Å². The van der Waals surface area contributed by atoms with Gasteiger partial charge in [0.2, 0.25) is 0 Å². The Hall–Kier alpha value is -1.55. The number of nitrogens with two attached hydrogens (primary N) is 1. The van der Waals surface area contributed by atoms with Crippen molar-refractivity contribution in [3.8, 4) is 0 Å². The van der Waals surface area contributed by atoms with Gasteiger partial charge in [-0.15, -0.1) is 0 Å². The van der Waals surface area contributed by atoms with E-state index in [-0.39, 0.29) is 11.8 Å². The summed E-state index contributed by atoms with van der Waals surface area (Å²) in [5.41, 5.74) is 6.65. The highest BCUT2D eigenvalue weighted by atomic mass is 79.9. The minimum absolute atomic E-state index is 0.0941. The number of hydrogen-bond acceptors (Lipinski definition) is 2. The third-order valence-corrected chi connectivity index (χ3v) is 3.60. The second-order valence-corrected chi connectivity index (χ2v) is 4.82. The minimum Gasteiger partial charge on any atom is -0.409 e. The first kappa shape index (κ1) is 11.9. The predicted octanol–water partition coefficient (Wildman–Crippen LogP) is 3.45. The van der Waals surface area contributed by atoms with E-state index in [2.05, 4.69) is 27.2 Å². The molecule has 4 heteroatoms. The maximum atomic E-state index is 8.68. The SMILES string of the molecule is CC(/C(N)=N\O)c1ccc2c(Br)cccc2c1. The zero-order valence-electron chi connectivity index (χ0n) is 9.39. The number of fused-ring (bicyclic) bond motifs is 1. The molecule has 2 aromatic rings. The molecule has 17 heavy (non-hydrogen) atoms. The standard InChI is InChI=1S/C13H13BrN2O/c1-8(13(15)16-17)9-5-6-11-10(7-9)3-2-4-12(11)14/h2-8,17H,1H3,(H2,15,16). The van der Waals surface area contributed by atoms with Crippen LogP contribution in [-0.4, -0.2) is 11.0 Å². The Kier molecular flexibility index (Phi) is 3.33. The van der Waals surface area contributed by atoms with Gasteiger partial charge in [0, 0.05) is 10.4 Å². The van der Waals surface area contributed by atoms with E-state index >= 15 is 0 Å². The molecule has 1 unspecified atom stereocenters. The van der Waals surface area contributed by atoms with Gasteiger partial charge in [-0.3, -0.25) is 0 Å². The van der Waals surface area contributed by atoms with Crippen molar-refractivity contribution >= 4 is 32.5 Å². The average molecular weight is 293 g/mol. The van der Waals surface area contributed by atoms with Gasteiger partial charge in [-0.25, -0.2) is 0 Å². The van der Waals surface area contributed by atoms with Gasteiger partial charge in [0.25, 0.3) is 0 Å². The predicted molar refractivity (Wildman–Crippen MR) is 73.5 cm³/mol. The molecule has 0 radical (unpaired) electrons. The van der Waals surface area contributed by atoms with Crippen LogP contribution >= 0.6 is 15.9 Å². The monoisotopic (exact) mass is 292 g/mol. The number of benzene rings is 2. The second-order valence-electron chi connectivity index (χ2n) is 3.97. The van der Waals surface area contributed by atoms with Crippen LogP contribution in [0.3, 0.4) is 0 Å². The van der Waals surface area contributed by atoms with Crippen LogP contribution in [0.15, 0.2) is 46.0 Å². The van der Waals surface area contributed by atoms with Gasteiger partial charge in [0.05, 0.1) is 0 Å². The van der Waals surface area contributed by atoms with Crippen molar-refractivity contribution in [2.45, 2.75) is 12.8 Å². The van der Waals surface area contributed by atoms with E-state index in [4.69, 9.17) is 10.9 Å². The Balaban J connectivity index is 2.52. The van der Waals surface area contributed by atoms with E-state index < -0.39 is 0 Å². The lowest BCUT2D eigenvalue weighted by molar-refractivity contribution is 0.316. The summed E-state index contributed by atoms with van der Waals surface area (Å²) in [5.74, 6) is 0.128. The molecular formula is C13H13BrN2O. The van der Waals surface area contributed by atoms with Crippen molar-refractivity contribution in [3.63, 3.8) is 0 Å². The fraction of sp³-hybridized carbons (Fsp3) is 0.154. The molecule has 0 aliphatic heterocycles. The summed E-state index contributed by atoms with van der Waals surface area (Å²) < 4.78 is 1.07. The molecule has 0 spiro atoms. The number of rotatable bonds is 2. The molecule has 0 aliphatic rings. The topological polar surface area (TPSA) is 58.6 Å². The Morgan fingerprint density at radius 1 is 1.35 bits per heavy atom. The van der Waals surface area contributed by atoms with Crippen LogP contribution in [0.4, 0.5) is 0 Å². The summed E-state index contributed by atoms with van der Waals surface area (Å²) in [6.07, 6.45) is 0. The molecular weight excluding hydrogens is 280 g/mol. The highest BCUT2D eigenvalue weighted by Crippen LogP contribution is 2.27. The molecule has 0 heterocycles. The number of oxime groups is 1. The molecule has 88 valence electrons. The van der Waals surface area contributed by atoms with Crippen LogP contribution in [0.1, 0.15) is 18.4 Å². The Bertz CT molecular complexity index is 581. The highest BCUT2D eigenvalue weighted by molar-refractivity contribution is 9.10. The molecule has 3 nitrogen and oxygen atoms in total. The van der Waals surface area contributed by atoms with Crippen molar-refractivity contribution in [1.29, 1.82) is 0 Å². The van der Waals surface area contributed by atoms with E-state index in [9.17, 15) is 0 Å². The molecule has 0 amide bonds. The van der Waals surface area contributed by atoms with Crippen LogP contribution in [-0.2, 0) is 0 Å². The highest BCUT2D eigenvalue weighted by Gasteiger charge is 2.11. The van der Waals surface area contributed by atoms with Gasteiger partial charge in [-0.05, 0) is 22.4 Å². The van der Waals surface area contributed by atoms with Gasteiger partial charge in [-0.1, -0.05) is 58.3 Å². The lowest BCUT2D eigenvalue weighted by Gasteiger charge is -2.11. The minimum atomic E-state index is -0.0941. The van der Waals surface area contributed by atoms with E-state index in [0.717, 1.165) is 20.8 Å². The summed E-state index contributed by atoms with van der Waals surface area (Å²) in [6.45, 7) is 1.91. The molecule has 1 atom stereocenters. The molecule has 3 N–H and O–H groups in total. The Morgan fingerprint density at radius 2 is 2.12 bits per heavy atom. The van der Waals surface area contributed by atoms with Crippen molar-refractivity contribution < 1.29 is 5.21 Å². The summed E-state index contributed by atoms with van der Waals surface area (Å²) in [5, 5.41) is 14.0. The fourth-order valence-corrected chi connectivity index (χ4v) is 2.30. The number of amidine groups is 1. The van der Waals surface area contributed by atoms with Gasteiger partial charge in [0.1, 0.15) is 5.84 Å². The van der Waals surface area contributed by atoms with Gasteiger partial charge >= 0.3 is 0 Å². The van der Waals surface area contributed by atoms with E-state index in [1.807, 2.05) is 37.3 Å². The lowest BCUT2D eigenvalue weighted by atomic mass is 9.97. The maximum Gasteiger partial charge on any atom is 0.146 e. The van der Waals surface area contributed by atoms with Crippen molar-refractivity contribution in [1.82, 2.24) is 0 Å². The van der Waals surface area contributed by atoms with Crippen molar-refractivity contribution in [2.75, 3.05) is 0 Å². The summed E-state index contributed by atoms with van der Waals surface area (Å²) >= 11 is 3.51. The molecule has 0 saturated carbocycles. The number of hydrogen-bond donors (Lipinski definition) is 2. The largest absolute Gasteiger partial charge is 0.409 e. The van der Waals surface area contributed by atoms with Crippen molar-refractivity contribution in [2.24, 2.45) is 10.9 Å². The van der Waals surface area contributed by atoms with E-state index in [1.165, 1.54) is 0 Å². The zero-order chi connectivity index (χ0) is 12.4. The Morgan fingerprint density at radius 3 is 2.82 bits per heavy atom. The molecule has 0 saturated heterocycles. The van der Waals surface area contributed by atoms with Gasteiger partial charge in [-0.2, -0.15) is 0 Å². The van der Waals surface area contributed by atoms with Crippen LogP contribution in [0.25, 0.3) is 10.8 Å². The number of halogens is 1. The Labute approximate surface area is 108 Å². The molecule has 0 aliphatic carbocycles. The lowest BCUT2D eigenvalue weighted by Crippen LogP contribution is -2.19. The molecule has 0 bridgehead atoms. The van der Waals surface area contributed by atoms with E-state index in [1.54, 1.807) is 0 Å². The normalized spacial score (nSPS) is 13.9. The van der Waals surface area contributed by atoms with E-state index in [0.29, 0.717) is 0 Å². The molecule has 0 aromatic heterocycles. The summed E-state index contributed by atoms with van der Waals surface area (Å²) in [7, 11) is 0. The van der Waals surface area contributed by atoms with Crippen LogP contribution in [0, 0.1) is 0 Å². The summed E-state index contributed by atoms with van der Waals surface area (Å²) in [4.78, 5) is 0. The van der Waals surface area contributed by atoms with Gasteiger partial charge < -0.3 is 10.9 Å². The molecule has 0 fully saturated rings. The van der Waals surface area contributed by atoms with Crippen LogP contribution < -0.4 is 5.73 Å². The van der Waals surface area contributed by atoms with Crippen molar-refractivity contribution in [3.05, 3.63) is 46.4 Å². The fourth-order valence-electron chi connectivity index (χ4n) is 1.79. The third kappa shape index (κ3) is 2.26. The molecule has 2 aromatic carbocycles. The average Bonchev–Trinajstić information content (AvgIpc) is 2.37. The maximum absolute atomic E-state index is 8.68. The first-order valence-electron chi connectivity index (χ1n) is 5.29. The smallest absolute Gasteiger partial charge is 0.146 e. The zero-order valence-corrected chi connectivity index (χ0v) is 11.0. The first-order valence-corrected chi connectivity index (χ1v) is 6.08.